The van der Waals surface area contributed by atoms with Crippen LogP contribution in [-0.4, -0.2) is 0 Å². The molecule has 0 fully saturated rings. The number of hydrogen-bond donors (Lipinski definition) is 0. The van der Waals surface area contributed by atoms with Crippen molar-refractivity contribution in [2.75, 3.05) is 0 Å². The molecule has 3 aromatic rings. The second-order valence-electron chi connectivity index (χ2n) is 5.36. The molecule has 0 aliphatic heterocycles. The minimum Gasteiger partial charge on any atom is -0.489 e. The van der Waals surface area contributed by atoms with Gasteiger partial charge in [-0.2, -0.15) is 0 Å². The van der Waals surface area contributed by atoms with Crippen LogP contribution in [0, 0.1) is 5.82 Å². The number of rotatable bonds is 6. The van der Waals surface area contributed by atoms with Gasteiger partial charge in [-0.1, -0.05) is 41.4 Å². The zero-order valence-corrected chi connectivity index (χ0v) is 15.1. The van der Waals surface area contributed by atoms with Gasteiger partial charge in [0.2, 0.25) is 0 Å². The molecule has 0 atom stereocenters. The van der Waals surface area contributed by atoms with Gasteiger partial charge in [-0.3, -0.25) is 0 Å². The summed E-state index contributed by atoms with van der Waals surface area (Å²) in [6.07, 6.45) is 1.67. The van der Waals surface area contributed by atoms with Crippen molar-refractivity contribution in [2.24, 2.45) is 0 Å². The molecule has 1 nitrogen and oxygen atoms in total. The van der Waals surface area contributed by atoms with Crippen LogP contribution in [-0.2, 0) is 19.4 Å². The van der Waals surface area contributed by atoms with E-state index in [1.807, 2.05) is 6.07 Å². The molecule has 0 unspecified atom stereocenters. The number of hydrogen-bond acceptors (Lipinski definition) is 2. The minimum atomic E-state index is -0.263. The standard InChI is InChI=1S/C19H15Cl2FOS/c20-14-10-18(21)17(8-7-16-2-1-9-24-16)19(11-14)23-12-13-3-5-15(22)6-4-13/h1-6,9-11H,7-8,12H2. The quantitative estimate of drug-likeness (QED) is 0.470. The Kier molecular flexibility index (Phi) is 5.77. The Hall–Kier alpha value is -1.55. The highest BCUT2D eigenvalue weighted by Crippen LogP contribution is 2.33. The lowest BCUT2D eigenvalue weighted by atomic mass is 10.1. The number of aryl methyl sites for hydroxylation is 1. The second kappa shape index (κ2) is 8.02. The van der Waals surface area contributed by atoms with E-state index in [9.17, 15) is 4.39 Å². The molecule has 124 valence electrons. The lowest BCUT2D eigenvalue weighted by molar-refractivity contribution is 0.303. The van der Waals surface area contributed by atoms with E-state index in [-0.39, 0.29) is 5.82 Å². The summed E-state index contributed by atoms with van der Waals surface area (Å²) in [5.74, 6) is 0.412. The Bertz CT molecular complexity index is 801. The van der Waals surface area contributed by atoms with E-state index < -0.39 is 0 Å². The first kappa shape index (κ1) is 17.3. The van der Waals surface area contributed by atoms with Crippen molar-refractivity contribution in [1.82, 2.24) is 0 Å². The molecule has 0 aliphatic rings. The Morgan fingerprint density at radius 3 is 2.50 bits per heavy atom. The largest absolute Gasteiger partial charge is 0.489 e. The van der Waals surface area contributed by atoms with Gasteiger partial charge in [0.15, 0.2) is 0 Å². The fraction of sp³-hybridized carbons (Fsp3) is 0.158. The van der Waals surface area contributed by atoms with Gasteiger partial charge in [-0.25, -0.2) is 4.39 Å². The average molecular weight is 381 g/mol. The summed E-state index contributed by atoms with van der Waals surface area (Å²) in [6.45, 7) is 0.336. The molecule has 0 saturated carbocycles. The van der Waals surface area contributed by atoms with E-state index in [0.717, 1.165) is 24.0 Å². The van der Waals surface area contributed by atoms with Crippen LogP contribution in [0.5, 0.6) is 5.75 Å². The number of halogens is 3. The molecule has 0 amide bonds. The summed E-state index contributed by atoms with van der Waals surface area (Å²) >= 11 is 14.2. The summed E-state index contributed by atoms with van der Waals surface area (Å²) in [6, 6.07) is 13.9. The van der Waals surface area contributed by atoms with Crippen LogP contribution in [0.4, 0.5) is 4.39 Å². The lowest BCUT2D eigenvalue weighted by Crippen LogP contribution is -2.01. The molecule has 0 bridgehead atoms. The maximum absolute atomic E-state index is 13.0. The van der Waals surface area contributed by atoms with E-state index in [1.54, 1.807) is 35.6 Å². The first-order valence-electron chi connectivity index (χ1n) is 7.49. The van der Waals surface area contributed by atoms with E-state index in [2.05, 4.69) is 11.4 Å². The second-order valence-corrected chi connectivity index (χ2v) is 7.23. The maximum atomic E-state index is 13.0. The van der Waals surface area contributed by atoms with Crippen LogP contribution < -0.4 is 4.74 Å². The van der Waals surface area contributed by atoms with Gasteiger partial charge in [0, 0.05) is 20.5 Å². The summed E-state index contributed by atoms with van der Waals surface area (Å²) in [5.41, 5.74) is 1.83. The van der Waals surface area contributed by atoms with E-state index in [0.29, 0.717) is 22.4 Å². The van der Waals surface area contributed by atoms with Gasteiger partial charge in [0.1, 0.15) is 18.2 Å². The third-order valence-electron chi connectivity index (χ3n) is 3.63. The molecule has 3 rings (SSSR count). The van der Waals surface area contributed by atoms with Crippen LogP contribution in [0.1, 0.15) is 16.0 Å². The first-order valence-corrected chi connectivity index (χ1v) is 9.13. The Balaban J connectivity index is 1.76. The molecule has 0 radical (unpaired) electrons. The van der Waals surface area contributed by atoms with Gasteiger partial charge in [-0.05, 0) is 54.1 Å². The molecule has 2 aromatic carbocycles. The van der Waals surface area contributed by atoms with E-state index in [1.165, 1.54) is 17.0 Å². The highest BCUT2D eigenvalue weighted by molar-refractivity contribution is 7.09. The molecule has 5 heteroatoms. The van der Waals surface area contributed by atoms with E-state index in [4.69, 9.17) is 27.9 Å². The normalized spacial score (nSPS) is 10.8. The lowest BCUT2D eigenvalue weighted by Gasteiger charge is -2.14. The number of ether oxygens (including phenoxy) is 1. The van der Waals surface area contributed by atoms with Crippen molar-refractivity contribution in [3.05, 3.63) is 85.8 Å². The van der Waals surface area contributed by atoms with Gasteiger partial charge < -0.3 is 4.74 Å². The number of benzene rings is 2. The zero-order valence-electron chi connectivity index (χ0n) is 12.8. The smallest absolute Gasteiger partial charge is 0.125 e. The van der Waals surface area contributed by atoms with Gasteiger partial charge in [0.05, 0.1) is 0 Å². The van der Waals surface area contributed by atoms with Crippen molar-refractivity contribution in [2.45, 2.75) is 19.4 Å². The SMILES string of the molecule is Fc1ccc(COc2cc(Cl)cc(Cl)c2CCc2cccs2)cc1. The molecule has 0 N–H and O–H groups in total. The van der Waals surface area contributed by atoms with Crippen LogP contribution in [0.25, 0.3) is 0 Å². The maximum Gasteiger partial charge on any atom is 0.125 e. The average Bonchev–Trinajstić information content (AvgIpc) is 3.06. The van der Waals surface area contributed by atoms with Gasteiger partial charge in [0.25, 0.3) is 0 Å². The first-order chi connectivity index (χ1) is 11.6. The Morgan fingerprint density at radius 2 is 1.79 bits per heavy atom. The molecule has 0 aliphatic carbocycles. The molecule has 0 spiro atoms. The summed E-state index contributed by atoms with van der Waals surface area (Å²) in [4.78, 5) is 1.30. The molecule has 0 saturated heterocycles. The summed E-state index contributed by atoms with van der Waals surface area (Å²) in [7, 11) is 0. The third-order valence-corrected chi connectivity index (χ3v) is 5.12. The summed E-state index contributed by atoms with van der Waals surface area (Å²) in [5, 5.41) is 3.20. The Morgan fingerprint density at radius 1 is 1.00 bits per heavy atom. The van der Waals surface area contributed by atoms with Crippen molar-refractivity contribution < 1.29 is 9.13 Å². The fourth-order valence-corrected chi connectivity index (χ4v) is 3.67. The Labute approximate surface area is 154 Å². The molecular weight excluding hydrogens is 366 g/mol. The highest BCUT2D eigenvalue weighted by Gasteiger charge is 2.12. The number of thiophene rings is 1. The molecular formula is C19H15Cl2FOS. The monoisotopic (exact) mass is 380 g/mol. The molecule has 1 aromatic heterocycles. The van der Waals surface area contributed by atoms with Crippen LogP contribution in [0.2, 0.25) is 10.0 Å². The highest BCUT2D eigenvalue weighted by atomic mass is 35.5. The van der Waals surface area contributed by atoms with Crippen molar-refractivity contribution in [3.63, 3.8) is 0 Å². The van der Waals surface area contributed by atoms with Crippen LogP contribution in [0.3, 0.4) is 0 Å². The van der Waals surface area contributed by atoms with Crippen molar-refractivity contribution >= 4 is 34.5 Å². The van der Waals surface area contributed by atoms with Crippen molar-refractivity contribution in [3.8, 4) is 5.75 Å². The summed E-state index contributed by atoms with van der Waals surface area (Å²) < 4.78 is 18.9. The van der Waals surface area contributed by atoms with Gasteiger partial charge in [-0.15, -0.1) is 11.3 Å². The fourth-order valence-electron chi connectivity index (χ4n) is 2.40. The van der Waals surface area contributed by atoms with Gasteiger partial charge >= 0.3 is 0 Å². The van der Waals surface area contributed by atoms with E-state index >= 15 is 0 Å². The predicted molar refractivity (Wildman–Crippen MR) is 98.9 cm³/mol. The zero-order chi connectivity index (χ0) is 16.9. The van der Waals surface area contributed by atoms with Crippen molar-refractivity contribution in [1.29, 1.82) is 0 Å². The topological polar surface area (TPSA) is 9.23 Å². The van der Waals surface area contributed by atoms with Crippen LogP contribution >= 0.6 is 34.5 Å². The molecule has 1 heterocycles. The van der Waals surface area contributed by atoms with Crippen LogP contribution in [0.15, 0.2) is 53.9 Å². The minimum absolute atomic E-state index is 0.263. The third kappa shape index (κ3) is 4.50. The predicted octanol–water partition coefficient (Wildman–Crippen LogP) is 6.56. The molecule has 24 heavy (non-hydrogen) atoms.